The zero-order valence-corrected chi connectivity index (χ0v) is 12.2. The number of aromatic nitrogens is 1. The highest BCUT2D eigenvalue weighted by atomic mass is 16.6. The lowest BCUT2D eigenvalue weighted by Gasteiger charge is -2.26. The normalized spacial score (nSPS) is 21.5. The fraction of sp³-hybridized carbons (Fsp3) is 0.600. The molecule has 6 heteroatoms. The lowest BCUT2D eigenvalue weighted by molar-refractivity contribution is -0.384. The number of nitriles is 1. The van der Waals surface area contributed by atoms with Crippen LogP contribution in [-0.4, -0.2) is 16.5 Å². The summed E-state index contributed by atoms with van der Waals surface area (Å²) in [6.45, 7) is 2.97. The zero-order chi connectivity index (χ0) is 15.2. The smallest absolute Gasteiger partial charge is 0.312 e. The Morgan fingerprint density at radius 2 is 2.19 bits per heavy atom. The summed E-state index contributed by atoms with van der Waals surface area (Å²) >= 11 is 0. The third-order valence-corrected chi connectivity index (χ3v) is 4.17. The fourth-order valence-corrected chi connectivity index (χ4v) is 2.80. The molecule has 0 spiro atoms. The molecule has 0 saturated heterocycles. The highest BCUT2D eigenvalue weighted by Gasteiger charge is 2.19. The fourth-order valence-electron chi connectivity index (χ4n) is 2.80. The van der Waals surface area contributed by atoms with E-state index in [0.717, 1.165) is 12.3 Å². The van der Waals surface area contributed by atoms with Crippen LogP contribution in [0.3, 0.4) is 0 Å². The summed E-state index contributed by atoms with van der Waals surface area (Å²) in [5.41, 5.74) is 0.0693. The van der Waals surface area contributed by atoms with Gasteiger partial charge in [0.25, 0.3) is 0 Å². The van der Waals surface area contributed by atoms with Crippen molar-refractivity contribution in [2.24, 2.45) is 11.8 Å². The van der Waals surface area contributed by atoms with E-state index >= 15 is 0 Å². The van der Waals surface area contributed by atoms with Gasteiger partial charge in [-0.15, -0.1) is 0 Å². The molecule has 6 nitrogen and oxygen atoms in total. The number of nitro groups is 1. The third kappa shape index (κ3) is 4.15. The van der Waals surface area contributed by atoms with Crippen LogP contribution in [0.1, 0.15) is 44.6 Å². The van der Waals surface area contributed by atoms with Gasteiger partial charge in [0.05, 0.1) is 10.5 Å². The molecular weight excluding hydrogens is 268 g/mol. The van der Waals surface area contributed by atoms with Gasteiger partial charge < -0.3 is 5.32 Å². The van der Waals surface area contributed by atoms with Crippen LogP contribution < -0.4 is 5.32 Å². The minimum absolute atomic E-state index is 0.133. The summed E-state index contributed by atoms with van der Waals surface area (Å²) < 4.78 is 0. The first-order chi connectivity index (χ1) is 10.1. The summed E-state index contributed by atoms with van der Waals surface area (Å²) in [6, 6.07) is 3.13. The molecular formula is C15H20N4O2. The van der Waals surface area contributed by atoms with Crippen LogP contribution in [0.15, 0.2) is 12.3 Å². The molecule has 112 valence electrons. The van der Waals surface area contributed by atoms with Crippen molar-refractivity contribution in [3.8, 4) is 6.07 Å². The molecule has 1 aliphatic carbocycles. The minimum Gasteiger partial charge on any atom is -0.364 e. The number of pyridine rings is 1. The van der Waals surface area contributed by atoms with Crippen molar-refractivity contribution in [2.45, 2.75) is 39.0 Å². The average Bonchev–Trinajstić information content (AvgIpc) is 2.49. The summed E-state index contributed by atoms with van der Waals surface area (Å²) in [5.74, 6) is 1.78. The summed E-state index contributed by atoms with van der Waals surface area (Å²) in [6.07, 6.45) is 7.40. The Labute approximate surface area is 124 Å². The van der Waals surface area contributed by atoms with Gasteiger partial charge in [0.1, 0.15) is 6.07 Å². The standard InChI is InChI=1S/C15H20N4O2/c1-11-2-4-12(5-3-11)6-7-17-15-14(19(20)21)8-13(9-16)10-18-15/h8,10-12H,2-7H2,1H3,(H,17,18). The average molecular weight is 288 g/mol. The van der Waals surface area contributed by atoms with Crippen LogP contribution >= 0.6 is 0 Å². The monoisotopic (exact) mass is 288 g/mol. The molecule has 1 N–H and O–H groups in total. The Hall–Kier alpha value is -2.16. The minimum atomic E-state index is -0.502. The number of hydrogen-bond donors (Lipinski definition) is 1. The van der Waals surface area contributed by atoms with Gasteiger partial charge >= 0.3 is 5.69 Å². The second kappa shape index (κ2) is 7.02. The van der Waals surface area contributed by atoms with Crippen molar-refractivity contribution in [1.82, 2.24) is 4.98 Å². The maximum absolute atomic E-state index is 11.0. The van der Waals surface area contributed by atoms with E-state index in [1.54, 1.807) is 0 Å². The van der Waals surface area contributed by atoms with Gasteiger partial charge in [0.2, 0.25) is 5.82 Å². The van der Waals surface area contributed by atoms with Gasteiger partial charge in [-0.2, -0.15) is 5.26 Å². The molecule has 2 rings (SSSR count). The topological polar surface area (TPSA) is 91.8 Å². The summed E-state index contributed by atoms with van der Waals surface area (Å²) in [4.78, 5) is 14.5. The molecule has 0 unspecified atom stereocenters. The summed E-state index contributed by atoms with van der Waals surface area (Å²) in [5, 5.41) is 22.8. The predicted octanol–water partition coefficient (Wildman–Crippen LogP) is 3.49. The summed E-state index contributed by atoms with van der Waals surface area (Å²) in [7, 11) is 0. The molecule has 1 fully saturated rings. The van der Waals surface area contributed by atoms with Gasteiger partial charge in [-0.3, -0.25) is 10.1 Å². The van der Waals surface area contributed by atoms with E-state index in [0.29, 0.717) is 12.5 Å². The van der Waals surface area contributed by atoms with Crippen LogP contribution in [-0.2, 0) is 0 Å². The first-order valence-electron chi connectivity index (χ1n) is 7.38. The SMILES string of the molecule is CC1CCC(CCNc2ncc(C#N)cc2[N+](=O)[O-])CC1. The van der Waals surface area contributed by atoms with E-state index in [4.69, 9.17) is 5.26 Å². The third-order valence-electron chi connectivity index (χ3n) is 4.17. The zero-order valence-electron chi connectivity index (χ0n) is 12.2. The lowest BCUT2D eigenvalue weighted by Crippen LogP contribution is -2.16. The van der Waals surface area contributed by atoms with Crippen LogP contribution in [0.4, 0.5) is 11.5 Å². The molecule has 0 bridgehead atoms. The second-order valence-corrected chi connectivity index (χ2v) is 5.80. The van der Waals surface area contributed by atoms with Gasteiger partial charge in [0.15, 0.2) is 0 Å². The van der Waals surface area contributed by atoms with Crippen molar-refractivity contribution in [3.63, 3.8) is 0 Å². The van der Waals surface area contributed by atoms with E-state index < -0.39 is 4.92 Å². The number of nitrogens with one attached hydrogen (secondary N) is 1. The Morgan fingerprint density at radius 1 is 1.48 bits per heavy atom. The van der Waals surface area contributed by atoms with Gasteiger partial charge in [0, 0.05) is 18.8 Å². The first kappa shape index (κ1) is 15.2. The number of hydrogen-bond acceptors (Lipinski definition) is 5. The van der Waals surface area contributed by atoms with Gasteiger partial charge in [-0.05, 0) is 18.3 Å². The molecule has 0 radical (unpaired) electrons. The highest BCUT2D eigenvalue weighted by Crippen LogP contribution is 2.30. The van der Waals surface area contributed by atoms with Crippen LogP contribution in [0.5, 0.6) is 0 Å². The van der Waals surface area contributed by atoms with E-state index in [1.807, 2.05) is 6.07 Å². The maximum atomic E-state index is 11.0. The second-order valence-electron chi connectivity index (χ2n) is 5.80. The van der Waals surface area contributed by atoms with E-state index in [1.165, 1.54) is 37.9 Å². The number of anilines is 1. The van der Waals surface area contributed by atoms with Crippen molar-refractivity contribution in [1.29, 1.82) is 5.26 Å². The van der Waals surface area contributed by atoms with E-state index in [-0.39, 0.29) is 17.1 Å². The molecule has 1 aliphatic rings. The van der Waals surface area contributed by atoms with Crippen LogP contribution in [0.2, 0.25) is 0 Å². The highest BCUT2D eigenvalue weighted by molar-refractivity contribution is 5.58. The molecule has 0 aromatic carbocycles. The number of nitrogens with zero attached hydrogens (tertiary/aromatic N) is 3. The maximum Gasteiger partial charge on any atom is 0.312 e. The van der Waals surface area contributed by atoms with Crippen molar-refractivity contribution in [3.05, 3.63) is 27.9 Å². The predicted molar refractivity (Wildman–Crippen MR) is 79.8 cm³/mol. The Bertz CT molecular complexity index is 545. The molecule has 0 amide bonds. The van der Waals surface area contributed by atoms with Crippen LogP contribution in [0.25, 0.3) is 0 Å². The molecule has 0 atom stereocenters. The molecule has 21 heavy (non-hydrogen) atoms. The molecule has 1 aromatic heterocycles. The van der Waals surface area contributed by atoms with Gasteiger partial charge in [-0.25, -0.2) is 4.98 Å². The van der Waals surface area contributed by atoms with Crippen molar-refractivity contribution in [2.75, 3.05) is 11.9 Å². The Morgan fingerprint density at radius 3 is 2.81 bits per heavy atom. The molecule has 1 heterocycles. The first-order valence-corrected chi connectivity index (χ1v) is 7.38. The lowest BCUT2D eigenvalue weighted by atomic mass is 9.81. The Balaban J connectivity index is 1.91. The van der Waals surface area contributed by atoms with E-state index in [9.17, 15) is 10.1 Å². The quantitative estimate of drug-likeness (QED) is 0.661. The number of rotatable bonds is 5. The van der Waals surface area contributed by atoms with Gasteiger partial charge in [-0.1, -0.05) is 32.6 Å². The van der Waals surface area contributed by atoms with Crippen molar-refractivity contribution >= 4 is 11.5 Å². The largest absolute Gasteiger partial charge is 0.364 e. The molecule has 1 saturated carbocycles. The molecule has 0 aliphatic heterocycles. The van der Waals surface area contributed by atoms with Crippen molar-refractivity contribution < 1.29 is 4.92 Å². The Kier molecular flexibility index (Phi) is 5.09. The van der Waals surface area contributed by atoms with E-state index in [2.05, 4.69) is 17.2 Å². The molecule has 1 aromatic rings. The van der Waals surface area contributed by atoms with Crippen LogP contribution in [0, 0.1) is 33.3 Å².